The molecule has 0 saturated heterocycles. The van der Waals surface area contributed by atoms with Gasteiger partial charge in [0, 0.05) is 5.56 Å². The van der Waals surface area contributed by atoms with Crippen molar-refractivity contribution < 1.29 is 14.3 Å². The molecule has 1 aliphatic rings. The van der Waals surface area contributed by atoms with Crippen LogP contribution < -0.4 is 0 Å². The molecule has 0 bridgehead atoms. The van der Waals surface area contributed by atoms with Gasteiger partial charge in [-0.25, -0.2) is 0 Å². The van der Waals surface area contributed by atoms with Gasteiger partial charge >= 0.3 is 5.97 Å². The summed E-state index contributed by atoms with van der Waals surface area (Å²) >= 11 is 0. The lowest BCUT2D eigenvalue weighted by Crippen LogP contribution is -2.19. The fourth-order valence-electron chi connectivity index (χ4n) is 2.12. The molecule has 3 heteroatoms. The Morgan fingerprint density at radius 2 is 1.76 bits per heavy atom. The molecule has 17 heavy (non-hydrogen) atoms. The van der Waals surface area contributed by atoms with Crippen molar-refractivity contribution in [3.63, 3.8) is 0 Å². The van der Waals surface area contributed by atoms with Gasteiger partial charge in [-0.3, -0.25) is 9.59 Å². The Morgan fingerprint density at radius 1 is 1.12 bits per heavy atom. The highest BCUT2D eigenvalue weighted by Crippen LogP contribution is 2.25. The molecular weight excluding hydrogens is 216 g/mol. The van der Waals surface area contributed by atoms with Crippen LogP contribution in [0.15, 0.2) is 30.3 Å². The van der Waals surface area contributed by atoms with Gasteiger partial charge in [0.1, 0.15) is 0 Å². The van der Waals surface area contributed by atoms with Gasteiger partial charge in [-0.15, -0.1) is 0 Å². The lowest BCUT2D eigenvalue weighted by Gasteiger charge is -2.08. The molecule has 3 nitrogen and oxygen atoms in total. The zero-order valence-electron chi connectivity index (χ0n) is 9.72. The zero-order chi connectivity index (χ0) is 12.1. The standard InChI is InChI=1S/C14H16O3/c15-13(11-6-2-1-3-7-11)10-17-14(16)12-8-4-5-9-12/h1-3,6-7,12H,4-5,8-10H2. The van der Waals surface area contributed by atoms with E-state index in [4.69, 9.17) is 4.74 Å². The largest absolute Gasteiger partial charge is 0.457 e. The molecule has 90 valence electrons. The number of hydrogen-bond donors (Lipinski definition) is 0. The summed E-state index contributed by atoms with van der Waals surface area (Å²) < 4.78 is 5.05. The van der Waals surface area contributed by atoms with Crippen LogP contribution in [-0.4, -0.2) is 18.4 Å². The molecule has 0 aliphatic heterocycles. The molecule has 1 aromatic carbocycles. The van der Waals surface area contributed by atoms with Gasteiger partial charge in [0.25, 0.3) is 0 Å². The van der Waals surface area contributed by atoms with E-state index in [1.165, 1.54) is 0 Å². The Bertz CT molecular complexity index is 391. The Labute approximate surface area is 101 Å². The van der Waals surface area contributed by atoms with Gasteiger partial charge in [-0.2, -0.15) is 0 Å². The van der Waals surface area contributed by atoms with Gasteiger partial charge in [0.2, 0.25) is 0 Å². The van der Waals surface area contributed by atoms with E-state index in [0.717, 1.165) is 25.7 Å². The maximum atomic E-state index is 11.7. The summed E-state index contributed by atoms with van der Waals surface area (Å²) in [6.45, 7) is -0.140. The molecule has 1 saturated carbocycles. The lowest BCUT2D eigenvalue weighted by atomic mass is 10.1. The number of ketones is 1. The van der Waals surface area contributed by atoms with E-state index in [2.05, 4.69) is 0 Å². The number of esters is 1. The van der Waals surface area contributed by atoms with Gasteiger partial charge in [0.05, 0.1) is 5.92 Å². The minimum atomic E-state index is -0.216. The number of benzene rings is 1. The van der Waals surface area contributed by atoms with Crippen LogP contribution in [-0.2, 0) is 9.53 Å². The number of rotatable bonds is 4. The van der Waals surface area contributed by atoms with E-state index in [1.54, 1.807) is 24.3 Å². The first-order chi connectivity index (χ1) is 8.27. The van der Waals surface area contributed by atoms with Crippen molar-refractivity contribution in [1.82, 2.24) is 0 Å². The highest BCUT2D eigenvalue weighted by Gasteiger charge is 2.24. The van der Waals surface area contributed by atoms with Gasteiger partial charge < -0.3 is 4.74 Å². The summed E-state index contributed by atoms with van der Waals surface area (Å²) in [5.41, 5.74) is 0.590. The van der Waals surface area contributed by atoms with E-state index >= 15 is 0 Å². The average Bonchev–Trinajstić information content (AvgIpc) is 2.90. The Balaban J connectivity index is 1.82. The molecule has 0 unspecified atom stereocenters. The minimum Gasteiger partial charge on any atom is -0.457 e. The molecule has 0 radical (unpaired) electrons. The first-order valence-electron chi connectivity index (χ1n) is 6.02. The summed E-state index contributed by atoms with van der Waals surface area (Å²) in [6.07, 6.45) is 3.98. The third-order valence-corrected chi connectivity index (χ3v) is 3.13. The van der Waals surface area contributed by atoms with Gasteiger partial charge in [-0.1, -0.05) is 43.2 Å². The normalized spacial score (nSPS) is 15.8. The molecule has 0 amide bonds. The highest BCUT2D eigenvalue weighted by atomic mass is 16.5. The van der Waals surface area contributed by atoms with E-state index in [1.807, 2.05) is 6.07 Å². The third-order valence-electron chi connectivity index (χ3n) is 3.13. The number of ether oxygens (including phenoxy) is 1. The molecule has 2 rings (SSSR count). The third kappa shape index (κ3) is 3.16. The first-order valence-corrected chi connectivity index (χ1v) is 6.02. The number of carbonyl (C=O) groups excluding carboxylic acids is 2. The topological polar surface area (TPSA) is 43.4 Å². The van der Waals surface area contributed by atoms with E-state index in [-0.39, 0.29) is 24.3 Å². The van der Waals surface area contributed by atoms with Gasteiger partial charge in [-0.05, 0) is 12.8 Å². The second kappa shape index (κ2) is 5.62. The van der Waals surface area contributed by atoms with Crippen LogP contribution in [0.4, 0.5) is 0 Å². The number of Topliss-reactive ketones (excluding diaryl/α,β-unsaturated/α-hetero) is 1. The smallest absolute Gasteiger partial charge is 0.309 e. The summed E-state index contributed by atoms with van der Waals surface area (Å²) in [6, 6.07) is 8.90. The maximum absolute atomic E-state index is 11.7. The summed E-state index contributed by atoms with van der Waals surface area (Å²) in [4.78, 5) is 23.3. The molecule has 0 N–H and O–H groups in total. The summed E-state index contributed by atoms with van der Waals surface area (Å²) in [7, 11) is 0. The van der Waals surface area contributed by atoms with E-state index in [0.29, 0.717) is 5.56 Å². The highest BCUT2D eigenvalue weighted by molar-refractivity contribution is 5.97. The molecule has 0 atom stereocenters. The predicted molar refractivity (Wildman–Crippen MR) is 63.7 cm³/mol. The van der Waals surface area contributed by atoms with E-state index in [9.17, 15) is 9.59 Å². The van der Waals surface area contributed by atoms with Crippen molar-refractivity contribution in [2.75, 3.05) is 6.61 Å². The Morgan fingerprint density at radius 3 is 2.41 bits per heavy atom. The molecule has 1 aromatic rings. The van der Waals surface area contributed by atoms with Crippen molar-refractivity contribution in [3.05, 3.63) is 35.9 Å². The minimum absolute atomic E-state index is 0.0126. The van der Waals surface area contributed by atoms with Crippen molar-refractivity contribution in [2.24, 2.45) is 5.92 Å². The van der Waals surface area contributed by atoms with E-state index < -0.39 is 0 Å². The van der Waals surface area contributed by atoms with Crippen LogP contribution in [0, 0.1) is 5.92 Å². The van der Waals surface area contributed by atoms with Crippen LogP contribution in [0.5, 0.6) is 0 Å². The monoisotopic (exact) mass is 232 g/mol. The maximum Gasteiger partial charge on any atom is 0.309 e. The first kappa shape index (κ1) is 11.8. The molecule has 0 spiro atoms. The number of hydrogen-bond acceptors (Lipinski definition) is 3. The summed E-state index contributed by atoms with van der Waals surface area (Å²) in [5.74, 6) is -0.345. The lowest BCUT2D eigenvalue weighted by molar-refractivity contribution is -0.147. The number of carbonyl (C=O) groups is 2. The van der Waals surface area contributed by atoms with Crippen LogP contribution in [0.2, 0.25) is 0 Å². The summed E-state index contributed by atoms with van der Waals surface area (Å²) in [5, 5.41) is 0. The van der Waals surface area contributed by atoms with Crippen LogP contribution in [0.25, 0.3) is 0 Å². The molecular formula is C14H16O3. The van der Waals surface area contributed by atoms with Crippen molar-refractivity contribution in [1.29, 1.82) is 0 Å². The SMILES string of the molecule is O=C(COC(=O)C1CCCC1)c1ccccc1. The zero-order valence-corrected chi connectivity index (χ0v) is 9.72. The van der Waals surface area contributed by atoms with Crippen LogP contribution >= 0.6 is 0 Å². The average molecular weight is 232 g/mol. The molecule has 0 heterocycles. The fourth-order valence-corrected chi connectivity index (χ4v) is 2.12. The van der Waals surface area contributed by atoms with Crippen molar-refractivity contribution in [2.45, 2.75) is 25.7 Å². The molecule has 0 aromatic heterocycles. The van der Waals surface area contributed by atoms with Crippen LogP contribution in [0.1, 0.15) is 36.0 Å². The molecule has 1 aliphatic carbocycles. The quantitative estimate of drug-likeness (QED) is 0.592. The Hall–Kier alpha value is -1.64. The second-order valence-corrected chi connectivity index (χ2v) is 4.38. The predicted octanol–water partition coefficient (Wildman–Crippen LogP) is 2.60. The second-order valence-electron chi connectivity index (χ2n) is 4.38. The molecule has 1 fully saturated rings. The Kier molecular flexibility index (Phi) is 3.91. The fraction of sp³-hybridized carbons (Fsp3) is 0.429. The van der Waals surface area contributed by atoms with Gasteiger partial charge in [0.15, 0.2) is 12.4 Å². The van der Waals surface area contributed by atoms with Crippen molar-refractivity contribution >= 4 is 11.8 Å². The van der Waals surface area contributed by atoms with Crippen molar-refractivity contribution in [3.8, 4) is 0 Å². The van der Waals surface area contributed by atoms with Crippen LogP contribution in [0.3, 0.4) is 0 Å².